The van der Waals surface area contributed by atoms with Gasteiger partial charge in [-0.1, -0.05) is 0 Å². The van der Waals surface area contributed by atoms with E-state index >= 15 is 0 Å². The van der Waals surface area contributed by atoms with Gasteiger partial charge in [-0.15, -0.1) is 5.10 Å². The maximum Gasteiger partial charge on any atom is 0.355 e. The second-order valence-electron chi connectivity index (χ2n) is 7.39. The monoisotopic (exact) mass is 345 g/mol. The molecule has 1 aliphatic rings. The average Bonchev–Trinajstić information content (AvgIpc) is 2.41. The highest BCUT2D eigenvalue weighted by Gasteiger charge is 2.36. The highest BCUT2D eigenvalue weighted by molar-refractivity contribution is 6.37. The third-order valence-corrected chi connectivity index (χ3v) is 3.67. The Labute approximate surface area is 140 Å². The maximum atomic E-state index is 11.3. The molecule has 1 rings (SSSR count). The first-order valence-electron chi connectivity index (χ1n) is 7.69. The highest BCUT2D eigenvalue weighted by Crippen LogP contribution is 2.26. The minimum absolute atomic E-state index is 0.245. The van der Waals surface area contributed by atoms with Crippen LogP contribution >= 0.6 is 0 Å². The van der Waals surface area contributed by atoms with E-state index in [0.29, 0.717) is 18.6 Å². The van der Waals surface area contributed by atoms with Gasteiger partial charge in [-0.25, -0.2) is 4.79 Å². The highest BCUT2D eigenvalue weighted by atomic mass is 16.4. The lowest BCUT2D eigenvalue weighted by molar-refractivity contribution is -0.130. The van der Waals surface area contributed by atoms with E-state index < -0.39 is 36.6 Å². The summed E-state index contributed by atoms with van der Waals surface area (Å²) < 4.78 is 0. The number of aliphatic hydroxyl groups is 4. The summed E-state index contributed by atoms with van der Waals surface area (Å²) in [5.41, 5.74) is -0.626. The Hall–Kier alpha value is -1.39. The van der Waals surface area contributed by atoms with Gasteiger partial charge in [0.15, 0.2) is 5.71 Å². The predicted molar refractivity (Wildman–Crippen MR) is 88.1 cm³/mol. The quantitative estimate of drug-likeness (QED) is 0.263. The van der Waals surface area contributed by atoms with Crippen LogP contribution in [-0.2, 0) is 4.79 Å². The van der Waals surface area contributed by atoms with Crippen molar-refractivity contribution in [3.8, 4) is 0 Å². The van der Waals surface area contributed by atoms with E-state index in [1.807, 2.05) is 27.7 Å². The van der Waals surface area contributed by atoms with Gasteiger partial charge in [-0.3, -0.25) is 0 Å². The van der Waals surface area contributed by atoms with E-state index in [-0.39, 0.29) is 11.1 Å². The average molecular weight is 345 g/mol. The molecule has 1 aliphatic heterocycles. The summed E-state index contributed by atoms with van der Waals surface area (Å²) in [5, 5.41) is 57.8. The third-order valence-electron chi connectivity index (χ3n) is 3.67. The van der Waals surface area contributed by atoms with Gasteiger partial charge in [-0.2, -0.15) is 5.10 Å². The van der Waals surface area contributed by atoms with Crippen molar-refractivity contribution in [1.82, 2.24) is 5.32 Å². The van der Waals surface area contributed by atoms with Crippen LogP contribution in [0.15, 0.2) is 10.2 Å². The zero-order valence-corrected chi connectivity index (χ0v) is 14.4. The van der Waals surface area contributed by atoms with Gasteiger partial charge in [0.1, 0.15) is 18.3 Å². The van der Waals surface area contributed by atoms with Crippen LogP contribution in [0.3, 0.4) is 0 Å². The van der Waals surface area contributed by atoms with E-state index in [2.05, 4.69) is 15.5 Å². The molecule has 0 radical (unpaired) electrons. The summed E-state index contributed by atoms with van der Waals surface area (Å²) in [6.45, 7) is 7.12. The molecule has 0 saturated carbocycles. The van der Waals surface area contributed by atoms with Crippen molar-refractivity contribution in [3.05, 3.63) is 0 Å². The molecule has 24 heavy (non-hydrogen) atoms. The maximum absolute atomic E-state index is 11.3. The van der Waals surface area contributed by atoms with Crippen LogP contribution < -0.4 is 5.32 Å². The molecule has 1 fully saturated rings. The summed E-state index contributed by atoms with van der Waals surface area (Å²) in [7, 11) is 0. The van der Waals surface area contributed by atoms with Crippen LogP contribution in [0.2, 0.25) is 0 Å². The molecule has 0 bridgehead atoms. The summed E-state index contributed by atoms with van der Waals surface area (Å²) in [6, 6.07) is 0. The Morgan fingerprint density at radius 2 is 1.67 bits per heavy atom. The predicted octanol–water partition coefficient (Wildman–Crippen LogP) is -1.12. The molecule has 3 unspecified atom stereocenters. The first kappa shape index (κ1) is 20.7. The number of carboxylic acid groups (broad SMARTS) is 1. The van der Waals surface area contributed by atoms with E-state index in [4.69, 9.17) is 10.2 Å². The van der Waals surface area contributed by atoms with Gasteiger partial charge in [0.25, 0.3) is 0 Å². The Balaban J connectivity index is 3.06. The van der Waals surface area contributed by atoms with Gasteiger partial charge in [-0.05, 0) is 27.7 Å². The van der Waals surface area contributed by atoms with E-state index in [1.165, 1.54) is 0 Å². The van der Waals surface area contributed by atoms with Crippen LogP contribution in [0.5, 0.6) is 0 Å². The summed E-state index contributed by atoms with van der Waals surface area (Å²) >= 11 is 0. The molecule has 0 aliphatic carbocycles. The second-order valence-corrected chi connectivity index (χ2v) is 7.39. The molecular weight excluding hydrogens is 318 g/mol. The molecule has 0 aromatic carbocycles. The second kappa shape index (κ2) is 7.66. The zero-order valence-electron chi connectivity index (χ0n) is 14.4. The molecule has 3 atom stereocenters. The van der Waals surface area contributed by atoms with Gasteiger partial charge in [0.05, 0.1) is 6.61 Å². The topological polar surface area (TPSA) is 155 Å². The first-order valence-corrected chi connectivity index (χ1v) is 7.69. The lowest BCUT2D eigenvalue weighted by Crippen LogP contribution is -2.58. The molecule has 1 saturated heterocycles. The molecule has 0 aromatic heterocycles. The van der Waals surface area contributed by atoms with Crippen LogP contribution in [0.1, 0.15) is 40.5 Å². The van der Waals surface area contributed by atoms with E-state index in [0.717, 1.165) is 0 Å². The van der Waals surface area contributed by atoms with Crippen LogP contribution in [0.4, 0.5) is 0 Å². The minimum Gasteiger partial charge on any atom is -0.477 e. The zero-order chi connectivity index (χ0) is 18.7. The SMILES string of the molecule is CC1(C)CC(=N/N=C(\C(=O)O)C(O)C(O)C(O)CO)CC(C)(C)N1. The number of rotatable bonds is 6. The number of carboxylic acids is 1. The lowest BCUT2D eigenvalue weighted by Gasteiger charge is -2.42. The first-order chi connectivity index (χ1) is 10.9. The number of aliphatic carboxylic acids is 1. The lowest BCUT2D eigenvalue weighted by atomic mass is 9.81. The molecule has 9 heteroatoms. The largest absolute Gasteiger partial charge is 0.477 e. The molecule has 0 amide bonds. The number of piperidine rings is 1. The number of hydrogen-bond donors (Lipinski definition) is 6. The van der Waals surface area contributed by atoms with Crippen LogP contribution in [0.25, 0.3) is 0 Å². The Kier molecular flexibility index (Phi) is 6.59. The normalized spacial score (nSPS) is 24.2. The minimum atomic E-state index is -1.98. The number of aliphatic hydroxyl groups excluding tert-OH is 4. The van der Waals surface area contributed by atoms with Crippen molar-refractivity contribution < 1.29 is 30.3 Å². The molecule has 9 nitrogen and oxygen atoms in total. The van der Waals surface area contributed by atoms with Crippen LogP contribution in [0, 0.1) is 0 Å². The Morgan fingerprint density at radius 1 is 1.17 bits per heavy atom. The third kappa shape index (κ3) is 5.60. The van der Waals surface area contributed by atoms with Crippen molar-refractivity contribution in [1.29, 1.82) is 0 Å². The molecular formula is C15H27N3O6. The van der Waals surface area contributed by atoms with Gasteiger partial charge in [0.2, 0.25) is 0 Å². The number of nitrogens with zero attached hydrogens (tertiary/aromatic N) is 2. The standard InChI is InChI=1S/C15H27N3O6/c1-14(2)5-8(6-15(3,4)18-14)16-17-10(13(23)24)12(22)11(21)9(20)7-19/h9,11-12,18-22H,5-7H2,1-4H3,(H,23,24)/b17-10-. The van der Waals surface area contributed by atoms with Crippen molar-refractivity contribution >= 4 is 17.4 Å². The van der Waals surface area contributed by atoms with Crippen molar-refractivity contribution in [3.63, 3.8) is 0 Å². The molecule has 0 aromatic rings. The van der Waals surface area contributed by atoms with Gasteiger partial charge >= 0.3 is 5.97 Å². The summed E-state index contributed by atoms with van der Waals surface area (Å²) in [5.74, 6) is -1.57. The summed E-state index contributed by atoms with van der Waals surface area (Å²) in [6.07, 6.45) is -4.45. The smallest absolute Gasteiger partial charge is 0.355 e. The van der Waals surface area contributed by atoms with Crippen LogP contribution in [-0.4, -0.2) is 78.9 Å². The van der Waals surface area contributed by atoms with Crippen molar-refractivity contribution in [2.75, 3.05) is 6.61 Å². The number of hydrogen-bond acceptors (Lipinski definition) is 8. The molecule has 0 spiro atoms. The Morgan fingerprint density at radius 3 is 2.08 bits per heavy atom. The van der Waals surface area contributed by atoms with E-state index in [1.54, 1.807) is 0 Å². The fraction of sp³-hybridized carbons (Fsp3) is 0.800. The van der Waals surface area contributed by atoms with E-state index in [9.17, 15) is 20.1 Å². The fourth-order valence-electron chi connectivity index (χ4n) is 2.99. The van der Waals surface area contributed by atoms with Crippen molar-refractivity contribution in [2.24, 2.45) is 10.2 Å². The fourth-order valence-corrected chi connectivity index (χ4v) is 2.99. The molecule has 1 heterocycles. The Bertz CT molecular complexity index is 511. The number of carbonyl (C=O) groups is 1. The number of nitrogens with one attached hydrogen (secondary N) is 1. The van der Waals surface area contributed by atoms with Gasteiger partial charge < -0.3 is 30.8 Å². The summed E-state index contributed by atoms with van der Waals surface area (Å²) in [4.78, 5) is 11.3. The van der Waals surface area contributed by atoms with Crippen molar-refractivity contribution in [2.45, 2.75) is 69.9 Å². The van der Waals surface area contributed by atoms with Gasteiger partial charge in [0, 0.05) is 29.6 Å². The molecule has 6 N–H and O–H groups in total. The molecule has 138 valence electrons.